The lowest BCUT2D eigenvalue weighted by Gasteiger charge is -2.16. The Bertz CT molecular complexity index is 543. The molecule has 6 heteroatoms. The number of rotatable bonds is 3. The molecule has 0 saturated heterocycles. The van der Waals surface area contributed by atoms with E-state index in [0.717, 1.165) is 0 Å². The Hall–Kier alpha value is -2.47. The Balaban J connectivity index is 2.25. The predicted molar refractivity (Wildman–Crippen MR) is 69.0 cm³/mol. The van der Waals surface area contributed by atoms with Crippen molar-refractivity contribution in [2.45, 2.75) is 0 Å². The van der Waals surface area contributed by atoms with E-state index in [9.17, 15) is 4.79 Å². The van der Waals surface area contributed by atoms with Gasteiger partial charge in [-0.25, -0.2) is 15.8 Å². The third kappa shape index (κ3) is 2.44. The highest BCUT2D eigenvalue weighted by Crippen LogP contribution is 2.13. The standard InChI is InChI=1S/C12H13N5O/c1-17(11-4-2-3-6-15-11)12(18)9-5-7-14-10(8-9)16-13/h2-8H,13H2,1H3,(H,14,16). The van der Waals surface area contributed by atoms with Gasteiger partial charge in [0.15, 0.2) is 0 Å². The van der Waals surface area contributed by atoms with Crippen molar-refractivity contribution >= 4 is 17.5 Å². The normalized spacial score (nSPS) is 9.89. The largest absolute Gasteiger partial charge is 0.308 e. The summed E-state index contributed by atoms with van der Waals surface area (Å²) in [5, 5.41) is 0. The van der Waals surface area contributed by atoms with Crippen LogP contribution in [0.5, 0.6) is 0 Å². The van der Waals surface area contributed by atoms with Crippen LogP contribution >= 0.6 is 0 Å². The number of pyridine rings is 2. The van der Waals surface area contributed by atoms with E-state index in [1.54, 1.807) is 37.5 Å². The molecule has 0 aliphatic rings. The van der Waals surface area contributed by atoms with Gasteiger partial charge in [-0.3, -0.25) is 9.69 Å². The first-order valence-electron chi connectivity index (χ1n) is 5.34. The van der Waals surface area contributed by atoms with Gasteiger partial charge >= 0.3 is 0 Å². The minimum atomic E-state index is -0.174. The van der Waals surface area contributed by atoms with E-state index >= 15 is 0 Å². The summed E-state index contributed by atoms with van der Waals surface area (Å²) in [6, 6.07) is 8.60. The lowest BCUT2D eigenvalue weighted by molar-refractivity contribution is 0.0992. The number of aromatic nitrogens is 2. The van der Waals surface area contributed by atoms with E-state index < -0.39 is 0 Å². The summed E-state index contributed by atoms with van der Waals surface area (Å²) in [6.45, 7) is 0. The average Bonchev–Trinajstić information content (AvgIpc) is 2.46. The van der Waals surface area contributed by atoms with Crippen LogP contribution in [-0.2, 0) is 0 Å². The molecule has 2 rings (SSSR count). The van der Waals surface area contributed by atoms with Gasteiger partial charge < -0.3 is 5.43 Å². The molecule has 2 aromatic heterocycles. The average molecular weight is 243 g/mol. The smallest absolute Gasteiger partial charge is 0.259 e. The number of anilines is 2. The number of hydrazine groups is 1. The third-order valence-electron chi connectivity index (χ3n) is 2.45. The van der Waals surface area contributed by atoms with Gasteiger partial charge in [-0.05, 0) is 24.3 Å². The molecule has 0 fully saturated rings. The number of hydrogen-bond acceptors (Lipinski definition) is 5. The molecule has 0 aliphatic carbocycles. The zero-order valence-corrected chi connectivity index (χ0v) is 9.87. The molecular weight excluding hydrogens is 230 g/mol. The second kappa shape index (κ2) is 5.24. The summed E-state index contributed by atoms with van der Waals surface area (Å²) in [5.74, 6) is 6.11. The molecule has 92 valence electrons. The first kappa shape index (κ1) is 12.0. The topological polar surface area (TPSA) is 84.1 Å². The SMILES string of the molecule is CN(C(=O)c1ccnc(NN)c1)c1ccccn1. The van der Waals surface area contributed by atoms with E-state index in [2.05, 4.69) is 15.4 Å². The zero-order chi connectivity index (χ0) is 13.0. The second-order valence-corrected chi connectivity index (χ2v) is 3.63. The van der Waals surface area contributed by atoms with Gasteiger partial charge in [-0.15, -0.1) is 0 Å². The lowest BCUT2D eigenvalue weighted by Crippen LogP contribution is -2.27. The van der Waals surface area contributed by atoms with Crippen LogP contribution in [0.3, 0.4) is 0 Å². The van der Waals surface area contributed by atoms with Crippen molar-refractivity contribution in [1.29, 1.82) is 0 Å². The fourth-order valence-electron chi connectivity index (χ4n) is 1.49. The molecule has 0 bridgehead atoms. The first-order chi connectivity index (χ1) is 8.72. The molecule has 1 amide bonds. The molecule has 6 nitrogen and oxygen atoms in total. The number of carbonyl (C=O) groups excluding carboxylic acids is 1. The number of nitrogens with one attached hydrogen (secondary N) is 1. The molecule has 2 aromatic rings. The van der Waals surface area contributed by atoms with Crippen molar-refractivity contribution < 1.29 is 4.79 Å². The fraction of sp³-hybridized carbons (Fsp3) is 0.0833. The molecule has 0 spiro atoms. The minimum absolute atomic E-state index is 0.174. The Morgan fingerprint density at radius 2 is 2.11 bits per heavy atom. The molecule has 0 aliphatic heterocycles. The van der Waals surface area contributed by atoms with Crippen molar-refractivity contribution in [3.8, 4) is 0 Å². The van der Waals surface area contributed by atoms with E-state index in [4.69, 9.17) is 5.84 Å². The van der Waals surface area contributed by atoms with Gasteiger partial charge in [-0.2, -0.15) is 0 Å². The zero-order valence-electron chi connectivity index (χ0n) is 9.87. The molecule has 2 heterocycles. The number of nitrogen functional groups attached to an aromatic ring is 1. The van der Waals surface area contributed by atoms with Crippen molar-refractivity contribution in [3.05, 3.63) is 48.3 Å². The monoisotopic (exact) mass is 243 g/mol. The molecule has 3 N–H and O–H groups in total. The number of hydrogen-bond donors (Lipinski definition) is 2. The van der Waals surface area contributed by atoms with E-state index in [-0.39, 0.29) is 5.91 Å². The van der Waals surface area contributed by atoms with Crippen LogP contribution in [0, 0.1) is 0 Å². The van der Waals surface area contributed by atoms with Gasteiger partial charge in [0, 0.05) is 25.0 Å². The summed E-state index contributed by atoms with van der Waals surface area (Å²) >= 11 is 0. The number of amides is 1. The highest BCUT2D eigenvalue weighted by Gasteiger charge is 2.14. The summed E-state index contributed by atoms with van der Waals surface area (Å²) in [7, 11) is 1.67. The van der Waals surface area contributed by atoms with Gasteiger partial charge in [0.2, 0.25) is 0 Å². The van der Waals surface area contributed by atoms with Gasteiger partial charge in [0.25, 0.3) is 5.91 Å². The fourth-order valence-corrected chi connectivity index (χ4v) is 1.49. The minimum Gasteiger partial charge on any atom is -0.308 e. The molecule has 18 heavy (non-hydrogen) atoms. The van der Waals surface area contributed by atoms with Gasteiger partial charge in [-0.1, -0.05) is 6.07 Å². The molecule has 0 aromatic carbocycles. The summed E-state index contributed by atoms with van der Waals surface area (Å²) in [5.41, 5.74) is 2.90. The van der Waals surface area contributed by atoms with E-state index in [0.29, 0.717) is 17.2 Å². The Kier molecular flexibility index (Phi) is 3.49. The number of carbonyl (C=O) groups is 1. The maximum Gasteiger partial charge on any atom is 0.259 e. The summed E-state index contributed by atoms with van der Waals surface area (Å²) in [4.78, 5) is 21.7. The molecule has 0 radical (unpaired) electrons. The van der Waals surface area contributed by atoms with Crippen LogP contribution in [0.25, 0.3) is 0 Å². The lowest BCUT2D eigenvalue weighted by atomic mass is 10.2. The molecule has 0 unspecified atom stereocenters. The van der Waals surface area contributed by atoms with E-state index in [1.165, 1.54) is 11.1 Å². The molecule has 0 atom stereocenters. The van der Waals surface area contributed by atoms with Crippen LogP contribution in [0.2, 0.25) is 0 Å². The Labute approximate surface area is 104 Å². The van der Waals surface area contributed by atoms with E-state index in [1.807, 2.05) is 6.07 Å². The van der Waals surface area contributed by atoms with Crippen molar-refractivity contribution in [2.75, 3.05) is 17.4 Å². The highest BCUT2D eigenvalue weighted by atomic mass is 16.2. The number of nitrogens with two attached hydrogens (primary N) is 1. The van der Waals surface area contributed by atoms with Crippen LogP contribution in [-0.4, -0.2) is 22.9 Å². The van der Waals surface area contributed by atoms with Gasteiger partial charge in [0.1, 0.15) is 11.6 Å². The Morgan fingerprint density at radius 3 is 2.78 bits per heavy atom. The quantitative estimate of drug-likeness (QED) is 0.621. The maximum atomic E-state index is 12.2. The molecule has 0 saturated carbocycles. The third-order valence-corrected chi connectivity index (χ3v) is 2.45. The van der Waals surface area contributed by atoms with Gasteiger partial charge in [0.05, 0.1) is 0 Å². The van der Waals surface area contributed by atoms with Crippen molar-refractivity contribution in [3.63, 3.8) is 0 Å². The first-order valence-corrected chi connectivity index (χ1v) is 5.34. The van der Waals surface area contributed by atoms with Crippen LogP contribution < -0.4 is 16.2 Å². The summed E-state index contributed by atoms with van der Waals surface area (Å²) in [6.07, 6.45) is 3.16. The van der Waals surface area contributed by atoms with Crippen LogP contribution in [0.1, 0.15) is 10.4 Å². The maximum absolute atomic E-state index is 12.2. The van der Waals surface area contributed by atoms with Crippen molar-refractivity contribution in [2.24, 2.45) is 5.84 Å². The summed E-state index contributed by atoms with van der Waals surface area (Å²) < 4.78 is 0. The number of nitrogens with zero attached hydrogens (tertiary/aromatic N) is 3. The second-order valence-electron chi connectivity index (χ2n) is 3.63. The highest BCUT2D eigenvalue weighted by molar-refractivity contribution is 6.05. The predicted octanol–water partition coefficient (Wildman–Crippen LogP) is 1.04. The van der Waals surface area contributed by atoms with Crippen LogP contribution in [0.4, 0.5) is 11.6 Å². The molecular formula is C12H13N5O. The van der Waals surface area contributed by atoms with Crippen LogP contribution in [0.15, 0.2) is 42.7 Å². The van der Waals surface area contributed by atoms with Crippen molar-refractivity contribution in [1.82, 2.24) is 9.97 Å². The Morgan fingerprint density at radius 1 is 1.28 bits per heavy atom.